The van der Waals surface area contributed by atoms with E-state index >= 15 is 0 Å². The van der Waals surface area contributed by atoms with Crippen LogP contribution in [-0.4, -0.2) is 7.11 Å². The second kappa shape index (κ2) is 6.29. The third kappa shape index (κ3) is 3.33. The normalized spacial score (nSPS) is 12.3. The zero-order valence-electron chi connectivity index (χ0n) is 10.6. The fourth-order valence-corrected chi connectivity index (χ4v) is 4.08. The Labute approximate surface area is 135 Å². The number of aryl methyl sites for hydroxylation is 1. The van der Waals surface area contributed by atoms with E-state index in [1.54, 1.807) is 7.11 Å². The quantitative estimate of drug-likeness (QED) is 0.579. The van der Waals surface area contributed by atoms with Gasteiger partial charge in [0.15, 0.2) is 0 Å². The summed E-state index contributed by atoms with van der Waals surface area (Å²) in [5.41, 5.74) is 3.39. The second-order valence-corrected chi connectivity index (χ2v) is 6.45. The van der Waals surface area contributed by atoms with Crippen LogP contribution in [0.5, 0.6) is 5.75 Å². The molecule has 0 heterocycles. The van der Waals surface area contributed by atoms with E-state index in [1.807, 2.05) is 18.2 Å². The van der Waals surface area contributed by atoms with Gasteiger partial charge in [-0.2, -0.15) is 0 Å². The lowest BCUT2D eigenvalue weighted by Gasteiger charge is -2.15. The van der Waals surface area contributed by atoms with Crippen LogP contribution in [0, 0.1) is 6.92 Å². The largest absolute Gasteiger partial charge is 0.497 e. The van der Waals surface area contributed by atoms with Gasteiger partial charge in [0.2, 0.25) is 0 Å². The number of alkyl halides is 1. The standard InChI is InChI=1S/C15H13Br2ClO/c1-9-3-5-11(13(16)7-9)15(17)12-6-4-10(19-2)8-14(12)18/h3-8,15H,1-2H3. The maximum Gasteiger partial charge on any atom is 0.120 e. The molecule has 2 rings (SSSR count). The molecule has 0 saturated heterocycles. The Hall–Kier alpha value is -0.510. The molecule has 4 heteroatoms. The Balaban J connectivity index is 2.41. The average Bonchev–Trinajstić information content (AvgIpc) is 2.37. The molecular formula is C15H13Br2ClO. The molecule has 100 valence electrons. The molecule has 0 aliphatic carbocycles. The summed E-state index contributed by atoms with van der Waals surface area (Å²) in [5, 5.41) is 0.689. The first-order valence-electron chi connectivity index (χ1n) is 5.76. The number of ether oxygens (including phenoxy) is 1. The van der Waals surface area contributed by atoms with Crippen molar-refractivity contribution in [3.8, 4) is 5.75 Å². The van der Waals surface area contributed by atoms with Gasteiger partial charge in [0.1, 0.15) is 5.75 Å². The monoisotopic (exact) mass is 402 g/mol. The van der Waals surface area contributed by atoms with Crippen molar-refractivity contribution in [2.24, 2.45) is 0 Å². The zero-order valence-corrected chi connectivity index (χ0v) is 14.5. The van der Waals surface area contributed by atoms with Crippen LogP contribution in [0.15, 0.2) is 40.9 Å². The minimum atomic E-state index is 0.0425. The number of halogens is 3. The van der Waals surface area contributed by atoms with Crippen molar-refractivity contribution in [2.45, 2.75) is 11.8 Å². The molecule has 2 aromatic carbocycles. The molecule has 0 bridgehead atoms. The lowest BCUT2D eigenvalue weighted by molar-refractivity contribution is 0.414. The summed E-state index contributed by atoms with van der Waals surface area (Å²) in [7, 11) is 1.63. The molecule has 1 atom stereocenters. The molecule has 1 nitrogen and oxygen atoms in total. The first-order valence-corrected chi connectivity index (χ1v) is 7.85. The summed E-state index contributed by atoms with van der Waals surface area (Å²) in [6, 6.07) is 12.0. The molecular weight excluding hydrogens is 391 g/mol. The van der Waals surface area contributed by atoms with Crippen molar-refractivity contribution < 1.29 is 4.74 Å². The number of methoxy groups -OCH3 is 1. The fourth-order valence-electron chi connectivity index (χ4n) is 1.85. The second-order valence-electron chi connectivity index (χ2n) is 4.27. The lowest BCUT2D eigenvalue weighted by Crippen LogP contribution is -1.96. The predicted molar refractivity (Wildman–Crippen MR) is 87.7 cm³/mol. The van der Waals surface area contributed by atoms with Gasteiger partial charge in [-0.3, -0.25) is 0 Å². The highest BCUT2D eigenvalue weighted by Crippen LogP contribution is 2.39. The Morgan fingerprint density at radius 3 is 2.37 bits per heavy atom. The molecule has 1 unspecified atom stereocenters. The highest BCUT2D eigenvalue weighted by molar-refractivity contribution is 9.11. The zero-order chi connectivity index (χ0) is 14.0. The van der Waals surface area contributed by atoms with Crippen molar-refractivity contribution in [2.75, 3.05) is 7.11 Å². The molecule has 0 aliphatic heterocycles. The van der Waals surface area contributed by atoms with Crippen LogP contribution in [0.4, 0.5) is 0 Å². The topological polar surface area (TPSA) is 9.23 Å². The third-order valence-electron chi connectivity index (χ3n) is 2.91. The van der Waals surface area contributed by atoms with Crippen molar-refractivity contribution >= 4 is 43.5 Å². The maximum atomic E-state index is 6.31. The van der Waals surface area contributed by atoms with E-state index < -0.39 is 0 Å². The molecule has 0 radical (unpaired) electrons. The molecule has 0 aromatic heterocycles. The van der Waals surface area contributed by atoms with Crippen LogP contribution < -0.4 is 4.74 Å². The number of rotatable bonds is 3. The van der Waals surface area contributed by atoms with Crippen LogP contribution in [0.3, 0.4) is 0 Å². The van der Waals surface area contributed by atoms with E-state index in [4.69, 9.17) is 16.3 Å². The van der Waals surface area contributed by atoms with E-state index in [0.717, 1.165) is 21.3 Å². The van der Waals surface area contributed by atoms with Crippen LogP contribution in [0.25, 0.3) is 0 Å². The van der Waals surface area contributed by atoms with E-state index in [9.17, 15) is 0 Å². The highest BCUT2D eigenvalue weighted by atomic mass is 79.9. The van der Waals surface area contributed by atoms with Gasteiger partial charge in [-0.05, 0) is 41.8 Å². The Kier molecular flexibility index (Phi) is 4.93. The SMILES string of the molecule is COc1ccc(C(Br)c2ccc(C)cc2Br)c(Cl)c1. The van der Waals surface area contributed by atoms with Gasteiger partial charge < -0.3 is 4.74 Å². The third-order valence-corrected chi connectivity index (χ3v) is 4.91. The van der Waals surface area contributed by atoms with Gasteiger partial charge >= 0.3 is 0 Å². The van der Waals surface area contributed by atoms with Crippen LogP contribution >= 0.6 is 43.5 Å². The van der Waals surface area contributed by atoms with Crippen LogP contribution in [0.2, 0.25) is 5.02 Å². The Morgan fingerprint density at radius 2 is 1.79 bits per heavy atom. The van der Waals surface area contributed by atoms with Crippen LogP contribution in [-0.2, 0) is 0 Å². The first kappa shape index (κ1) is 14.9. The number of hydrogen-bond donors (Lipinski definition) is 0. The molecule has 0 aliphatic rings. The minimum absolute atomic E-state index is 0.0425. The Morgan fingerprint density at radius 1 is 1.11 bits per heavy atom. The molecule has 0 fully saturated rings. The van der Waals surface area contributed by atoms with Gasteiger partial charge in [0.05, 0.1) is 11.9 Å². The van der Waals surface area contributed by atoms with Crippen LogP contribution in [0.1, 0.15) is 21.5 Å². The van der Waals surface area contributed by atoms with Crippen molar-refractivity contribution in [3.63, 3.8) is 0 Å². The molecule has 2 aromatic rings. The minimum Gasteiger partial charge on any atom is -0.497 e. The van der Waals surface area contributed by atoms with E-state index in [1.165, 1.54) is 5.56 Å². The Bertz CT molecular complexity index is 599. The van der Waals surface area contributed by atoms with E-state index in [2.05, 4.69) is 57.0 Å². The molecule has 0 saturated carbocycles. The summed E-state index contributed by atoms with van der Waals surface area (Å²) in [6.45, 7) is 2.07. The molecule has 0 amide bonds. The van der Waals surface area contributed by atoms with E-state index in [0.29, 0.717) is 5.02 Å². The van der Waals surface area contributed by atoms with Gasteiger partial charge in [0, 0.05) is 9.50 Å². The van der Waals surface area contributed by atoms with E-state index in [-0.39, 0.29) is 4.83 Å². The van der Waals surface area contributed by atoms with Crippen molar-refractivity contribution in [3.05, 3.63) is 62.6 Å². The smallest absolute Gasteiger partial charge is 0.120 e. The summed E-state index contributed by atoms with van der Waals surface area (Å²) < 4.78 is 6.24. The lowest BCUT2D eigenvalue weighted by atomic mass is 10.0. The number of hydrogen-bond acceptors (Lipinski definition) is 1. The first-order chi connectivity index (χ1) is 9.02. The average molecular weight is 405 g/mol. The fraction of sp³-hybridized carbons (Fsp3) is 0.200. The van der Waals surface area contributed by atoms with Gasteiger partial charge in [-0.15, -0.1) is 0 Å². The van der Waals surface area contributed by atoms with Crippen molar-refractivity contribution in [1.29, 1.82) is 0 Å². The summed E-state index contributed by atoms with van der Waals surface area (Å²) in [5.74, 6) is 0.761. The summed E-state index contributed by atoms with van der Waals surface area (Å²) in [4.78, 5) is 0.0425. The maximum absolute atomic E-state index is 6.31. The van der Waals surface area contributed by atoms with Gasteiger partial charge in [-0.25, -0.2) is 0 Å². The molecule has 19 heavy (non-hydrogen) atoms. The number of benzene rings is 2. The summed E-state index contributed by atoms with van der Waals surface area (Å²) in [6.07, 6.45) is 0. The highest BCUT2D eigenvalue weighted by Gasteiger charge is 2.16. The van der Waals surface area contributed by atoms with Gasteiger partial charge in [-0.1, -0.05) is 61.7 Å². The molecule has 0 N–H and O–H groups in total. The summed E-state index contributed by atoms with van der Waals surface area (Å²) >= 11 is 13.6. The molecule has 0 spiro atoms. The van der Waals surface area contributed by atoms with Gasteiger partial charge in [0.25, 0.3) is 0 Å². The predicted octanol–water partition coefficient (Wildman–Crippen LogP) is 5.90. The van der Waals surface area contributed by atoms with Crippen molar-refractivity contribution in [1.82, 2.24) is 0 Å².